The standard InChI is InChI=1S/C15H14N2O4/c1-2-20-12-4-3-5-13(8-12)21-15-16-9-11(10-17-15)6-7-14(18)19/h3-10H,2H2,1H3,(H,18,19)/b7-6+. The van der Waals surface area contributed by atoms with E-state index in [-0.39, 0.29) is 6.01 Å². The highest BCUT2D eigenvalue weighted by Gasteiger charge is 2.02. The monoisotopic (exact) mass is 286 g/mol. The summed E-state index contributed by atoms with van der Waals surface area (Å²) in [4.78, 5) is 18.4. The second-order valence-corrected chi connectivity index (χ2v) is 3.98. The first-order valence-electron chi connectivity index (χ1n) is 6.31. The van der Waals surface area contributed by atoms with Crippen molar-refractivity contribution in [3.63, 3.8) is 0 Å². The summed E-state index contributed by atoms with van der Waals surface area (Å²) in [5.74, 6) is 0.244. The number of hydrogen-bond acceptors (Lipinski definition) is 5. The Morgan fingerprint density at radius 3 is 2.67 bits per heavy atom. The molecule has 2 rings (SSSR count). The average Bonchev–Trinajstić information content (AvgIpc) is 2.47. The molecule has 2 aromatic rings. The molecular weight excluding hydrogens is 272 g/mol. The number of nitrogens with zero attached hydrogens (tertiary/aromatic N) is 2. The van der Waals surface area contributed by atoms with E-state index in [1.54, 1.807) is 12.1 Å². The van der Waals surface area contributed by atoms with Gasteiger partial charge in [0.15, 0.2) is 0 Å². The van der Waals surface area contributed by atoms with E-state index in [0.717, 1.165) is 6.08 Å². The Morgan fingerprint density at radius 1 is 1.29 bits per heavy atom. The van der Waals surface area contributed by atoms with Crippen molar-refractivity contribution < 1.29 is 19.4 Å². The first-order valence-corrected chi connectivity index (χ1v) is 6.31. The fourth-order valence-electron chi connectivity index (χ4n) is 1.53. The fraction of sp³-hybridized carbons (Fsp3) is 0.133. The molecule has 1 aromatic carbocycles. The van der Waals surface area contributed by atoms with Crippen LogP contribution in [0.2, 0.25) is 0 Å². The van der Waals surface area contributed by atoms with Gasteiger partial charge in [-0.3, -0.25) is 0 Å². The van der Waals surface area contributed by atoms with Crippen molar-refractivity contribution in [2.24, 2.45) is 0 Å². The van der Waals surface area contributed by atoms with Gasteiger partial charge in [0.1, 0.15) is 11.5 Å². The van der Waals surface area contributed by atoms with E-state index in [0.29, 0.717) is 23.7 Å². The zero-order chi connectivity index (χ0) is 15.1. The quantitative estimate of drug-likeness (QED) is 0.822. The summed E-state index contributed by atoms with van der Waals surface area (Å²) >= 11 is 0. The lowest BCUT2D eigenvalue weighted by molar-refractivity contribution is -0.131. The van der Waals surface area contributed by atoms with Crippen LogP contribution in [-0.4, -0.2) is 27.7 Å². The summed E-state index contributed by atoms with van der Waals surface area (Å²) in [6.07, 6.45) is 5.38. The number of carbonyl (C=O) groups is 1. The molecular formula is C15H14N2O4. The Balaban J connectivity index is 2.06. The third-order valence-corrected chi connectivity index (χ3v) is 2.39. The van der Waals surface area contributed by atoms with Gasteiger partial charge in [0, 0.05) is 30.1 Å². The van der Waals surface area contributed by atoms with Gasteiger partial charge in [-0.15, -0.1) is 0 Å². The number of rotatable bonds is 6. The molecule has 6 nitrogen and oxygen atoms in total. The van der Waals surface area contributed by atoms with Crippen LogP contribution in [0.5, 0.6) is 17.5 Å². The molecule has 0 fully saturated rings. The molecule has 1 aromatic heterocycles. The maximum Gasteiger partial charge on any atom is 0.328 e. The van der Waals surface area contributed by atoms with Crippen LogP contribution in [-0.2, 0) is 4.79 Å². The van der Waals surface area contributed by atoms with Crippen LogP contribution in [0.4, 0.5) is 0 Å². The molecule has 0 aliphatic rings. The van der Waals surface area contributed by atoms with Crippen molar-refractivity contribution in [2.45, 2.75) is 6.92 Å². The maximum atomic E-state index is 10.4. The summed E-state index contributed by atoms with van der Waals surface area (Å²) in [7, 11) is 0. The molecule has 0 bridgehead atoms. The minimum Gasteiger partial charge on any atom is -0.494 e. The molecule has 6 heteroatoms. The first kappa shape index (κ1) is 14.5. The lowest BCUT2D eigenvalue weighted by Gasteiger charge is -2.06. The van der Waals surface area contributed by atoms with Gasteiger partial charge in [0.2, 0.25) is 0 Å². The smallest absolute Gasteiger partial charge is 0.328 e. The van der Waals surface area contributed by atoms with Crippen LogP contribution in [0, 0.1) is 0 Å². The Hall–Kier alpha value is -2.89. The molecule has 0 spiro atoms. The third-order valence-electron chi connectivity index (χ3n) is 2.39. The number of ether oxygens (including phenoxy) is 2. The minimum atomic E-state index is -1.02. The lowest BCUT2D eigenvalue weighted by atomic mass is 10.3. The Bertz CT molecular complexity index is 638. The van der Waals surface area contributed by atoms with Crippen LogP contribution in [0.15, 0.2) is 42.7 Å². The molecule has 0 radical (unpaired) electrons. The molecule has 0 saturated carbocycles. The van der Waals surface area contributed by atoms with Crippen molar-refractivity contribution in [2.75, 3.05) is 6.61 Å². The number of benzene rings is 1. The van der Waals surface area contributed by atoms with Crippen LogP contribution < -0.4 is 9.47 Å². The second-order valence-electron chi connectivity index (χ2n) is 3.98. The fourth-order valence-corrected chi connectivity index (χ4v) is 1.53. The van der Waals surface area contributed by atoms with Crippen molar-refractivity contribution in [1.82, 2.24) is 9.97 Å². The molecule has 1 N–H and O–H groups in total. The summed E-state index contributed by atoms with van der Waals surface area (Å²) in [5.41, 5.74) is 0.577. The Morgan fingerprint density at radius 2 is 2.00 bits per heavy atom. The highest BCUT2D eigenvalue weighted by molar-refractivity contribution is 5.85. The third kappa shape index (κ3) is 4.61. The number of aliphatic carboxylic acids is 1. The summed E-state index contributed by atoms with van der Waals surface area (Å²) in [6.45, 7) is 2.48. The molecule has 0 unspecified atom stereocenters. The molecule has 0 saturated heterocycles. The largest absolute Gasteiger partial charge is 0.494 e. The predicted octanol–water partition coefficient (Wildman–Crippen LogP) is 2.77. The van der Waals surface area contributed by atoms with Crippen LogP contribution in [0.1, 0.15) is 12.5 Å². The topological polar surface area (TPSA) is 81.5 Å². The second kappa shape index (κ2) is 7.04. The van der Waals surface area contributed by atoms with Gasteiger partial charge in [0.25, 0.3) is 0 Å². The highest BCUT2D eigenvalue weighted by Crippen LogP contribution is 2.22. The van der Waals surface area contributed by atoms with Gasteiger partial charge in [-0.1, -0.05) is 6.07 Å². The molecule has 0 aliphatic heterocycles. The van der Waals surface area contributed by atoms with E-state index in [2.05, 4.69) is 9.97 Å². The van der Waals surface area contributed by atoms with Gasteiger partial charge in [0.05, 0.1) is 6.61 Å². The van der Waals surface area contributed by atoms with Gasteiger partial charge < -0.3 is 14.6 Å². The minimum absolute atomic E-state index is 0.177. The van der Waals surface area contributed by atoms with E-state index < -0.39 is 5.97 Å². The Kier molecular flexibility index (Phi) is 4.87. The van der Waals surface area contributed by atoms with Gasteiger partial charge in [-0.2, -0.15) is 0 Å². The molecule has 0 aliphatic carbocycles. The summed E-state index contributed by atoms with van der Waals surface area (Å²) < 4.78 is 10.9. The number of carboxylic acid groups (broad SMARTS) is 1. The highest BCUT2D eigenvalue weighted by atomic mass is 16.5. The predicted molar refractivity (Wildman–Crippen MR) is 76.4 cm³/mol. The molecule has 21 heavy (non-hydrogen) atoms. The molecule has 108 valence electrons. The molecule has 0 atom stereocenters. The SMILES string of the molecule is CCOc1cccc(Oc2ncc(/C=C/C(=O)O)cn2)c1. The van der Waals surface area contributed by atoms with E-state index in [1.807, 2.05) is 19.1 Å². The number of hydrogen-bond donors (Lipinski definition) is 1. The van der Waals surface area contributed by atoms with Crippen molar-refractivity contribution in [3.05, 3.63) is 48.3 Å². The van der Waals surface area contributed by atoms with E-state index in [9.17, 15) is 4.79 Å². The Labute approximate surface area is 121 Å². The lowest BCUT2D eigenvalue weighted by Crippen LogP contribution is -1.94. The van der Waals surface area contributed by atoms with E-state index in [4.69, 9.17) is 14.6 Å². The van der Waals surface area contributed by atoms with Gasteiger partial charge >= 0.3 is 12.0 Å². The first-order chi connectivity index (χ1) is 10.2. The maximum absolute atomic E-state index is 10.4. The zero-order valence-electron chi connectivity index (χ0n) is 11.4. The van der Waals surface area contributed by atoms with Crippen LogP contribution in [0.3, 0.4) is 0 Å². The van der Waals surface area contributed by atoms with Gasteiger partial charge in [-0.25, -0.2) is 14.8 Å². The molecule has 0 amide bonds. The number of aromatic nitrogens is 2. The average molecular weight is 286 g/mol. The normalized spacial score (nSPS) is 10.5. The van der Waals surface area contributed by atoms with Gasteiger partial charge in [-0.05, 0) is 25.1 Å². The summed E-state index contributed by atoms with van der Waals surface area (Å²) in [6, 6.07) is 7.33. The van der Waals surface area contributed by atoms with Crippen molar-refractivity contribution in [3.8, 4) is 17.5 Å². The van der Waals surface area contributed by atoms with Crippen molar-refractivity contribution in [1.29, 1.82) is 0 Å². The summed E-state index contributed by atoms with van der Waals surface area (Å²) in [5, 5.41) is 8.53. The number of carboxylic acids is 1. The zero-order valence-corrected chi connectivity index (χ0v) is 11.4. The van der Waals surface area contributed by atoms with Crippen molar-refractivity contribution >= 4 is 12.0 Å². The molecule has 1 heterocycles. The van der Waals surface area contributed by atoms with Crippen LogP contribution >= 0.6 is 0 Å². The van der Waals surface area contributed by atoms with E-state index >= 15 is 0 Å². The van der Waals surface area contributed by atoms with E-state index in [1.165, 1.54) is 18.5 Å². The van der Waals surface area contributed by atoms with Crippen LogP contribution in [0.25, 0.3) is 6.08 Å².